The number of nitrogens with zero attached hydrogens (tertiary/aromatic N) is 2. The second-order valence-corrected chi connectivity index (χ2v) is 4.72. The van der Waals surface area contributed by atoms with Crippen LogP contribution < -0.4 is 11.1 Å². The average Bonchev–Trinajstić information content (AvgIpc) is 2.44. The fourth-order valence-corrected chi connectivity index (χ4v) is 1.94. The molecule has 1 aliphatic heterocycles. The van der Waals surface area contributed by atoms with Crippen LogP contribution in [0.25, 0.3) is 0 Å². The van der Waals surface area contributed by atoms with Crippen LogP contribution in [0.15, 0.2) is 0 Å². The van der Waals surface area contributed by atoms with Gasteiger partial charge in [0.15, 0.2) is 0 Å². The van der Waals surface area contributed by atoms with Crippen molar-refractivity contribution in [3.8, 4) is 0 Å². The number of hydrogen-bond acceptors (Lipinski definition) is 5. The molecule has 1 rings (SSSR count). The van der Waals surface area contributed by atoms with Crippen LogP contribution in [0, 0.1) is 0 Å². The number of rotatable bonds is 8. The van der Waals surface area contributed by atoms with Crippen molar-refractivity contribution >= 4 is 17.9 Å². The van der Waals surface area contributed by atoms with Crippen molar-refractivity contribution in [3.05, 3.63) is 0 Å². The van der Waals surface area contributed by atoms with Crippen molar-refractivity contribution in [2.75, 3.05) is 52.5 Å². The van der Waals surface area contributed by atoms with Gasteiger partial charge in [0.1, 0.15) is 6.61 Å². The Morgan fingerprint density at radius 1 is 1.19 bits per heavy atom. The summed E-state index contributed by atoms with van der Waals surface area (Å²) in [5.41, 5.74) is 4.91. The second kappa shape index (κ2) is 9.14. The van der Waals surface area contributed by atoms with Gasteiger partial charge in [0, 0.05) is 39.3 Å². The van der Waals surface area contributed by atoms with Gasteiger partial charge < -0.3 is 25.8 Å². The molecule has 0 aliphatic carbocycles. The minimum Gasteiger partial charge on any atom is -0.481 e. The molecule has 0 radical (unpaired) electrons. The van der Waals surface area contributed by atoms with E-state index in [-0.39, 0.29) is 25.7 Å². The number of urea groups is 1. The molecule has 120 valence electrons. The Kier molecular flexibility index (Phi) is 7.48. The molecule has 4 N–H and O–H groups in total. The van der Waals surface area contributed by atoms with Crippen LogP contribution in [-0.4, -0.2) is 85.3 Å². The van der Waals surface area contributed by atoms with E-state index < -0.39 is 11.9 Å². The molecule has 1 saturated heterocycles. The number of carbonyl (C=O) groups is 3. The highest BCUT2D eigenvalue weighted by Crippen LogP contribution is 2.02. The Morgan fingerprint density at radius 2 is 1.86 bits per heavy atom. The van der Waals surface area contributed by atoms with Gasteiger partial charge in [-0.2, -0.15) is 0 Å². The SMILES string of the molecule is NC(=O)COCCNC(=O)N1CCN(CCC(=O)O)CC1. The summed E-state index contributed by atoms with van der Waals surface area (Å²) in [5.74, 6) is -1.36. The second-order valence-electron chi connectivity index (χ2n) is 4.72. The molecule has 3 amide bonds. The monoisotopic (exact) mass is 302 g/mol. The predicted molar refractivity (Wildman–Crippen MR) is 73.7 cm³/mol. The van der Waals surface area contributed by atoms with Crippen LogP contribution in [-0.2, 0) is 14.3 Å². The molecule has 0 atom stereocenters. The molecule has 0 aromatic heterocycles. The van der Waals surface area contributed by atoms with E-state index in [9.17, 15) is 14.4 Å². The molecule has 9 heteroatoms. The van der Waals surface area contributed by atoms with E-state index in [0.717, 1.165) is 0 Å². The summed E-state index contributed by atoms with van der Waals surface area (Å²) < 4.78 is 4.93. The van der Waals surface area contributed by atoms with Crippen LogP contribution in [0.5, 0.6) is 0 Å². The molecule has 0 spiro atoms. The molecule has 9 nitrogen and oxygen atoms in total. The lowest BCUT2D eigenvalue weighted by atomic mass is 10.3. The summed E-state index contributed by atoms with van der Waals surface area (Å²) in [4.78, 5) is 36.4. The van der Waals surface area contributed by atoms with Crippen LogP contribution in [0.1, 0.15) is 6.42 Å². The molecular formula is C12H22N4O5. The maximum absolute atomic E-state index is 11.8. The van der Waals surface area contributed by atoms with Gasteiger partial charge in [0.25, 0.3) is 0 Å². The predicted octanol–water partition coefficient (Wildman–Crippen LogP) is -1.71. The van der Waals surface area contributed by atoms with Crippen molar-refractivity contribution in [1.82, 2.24) is 15.1 Å². The molecule has 0 bridgehead atoms. The number of nitrogens with two attached hydrogens (primary N) is 1. The first-order valence-electron chi connectivity index (χ1n) is 6.82. The first-order valence-corrected chi connectivity index (χ1v) is 6.82. The van der Waals surface area contributed by atoms with Gasteiger partial charge in [-0.05, 0) is 0 Å². The Bertz CT molecular complexity index is 369. The number of carboxylic acids is 1. The first kappa shape index (κ1) is 17.2. The van der Waals surface area contributed by atoms with Crippen LogP contribution in [0.3, 0.4) is 0 Å². The summed E-state index contributed by atoms with van der Waals surface area (Å²) in [5, 5.41) is 11.3. The van der Waals surface area contributed by atoms with E-state index in [1.807, 2.05) is 4.90 Å². The minimum atomic E-state index is -0.814. The average molecular weight is 302 g/mol. The topological polar surface area (TPSA) is 125 Å². The molecule has 0 saturated carbocycles. The quantitative estimate of drug-likeness (QED) is 0.458. The Labute approximate surface area is 123 Å². The molecule has 1 fully saturated rings. The van der Waals surface area contributed by atoms with Crippen molar-refractivity contribution in [3.63, 3.8) is 0 Å². The van der Waals surface area contributed by atoms with Gasteiger partial charge >= 0.3 is 12.0 Å². The zero-order valence-electron chi connectivity index (χ0n) is 11.9. The number of piperazine rings is 1. The van der Waals surface area contributed by atoms with Gasteiger partial charge in [-0.1, -0.05) is 0 Å². The number of ether oxygens (including phenoxy) is 1. The summed E-state index contributed by atoms with van der Waals surface area (Å²) in [6.45, 7) is 3.35. The Morgan fingerprint density at radius 3 is 2.43 bits per heavy atom. The fourth-order valence-electron chi connectivity index (χ4n) is 1.94. The summed E-state index contributed by atoms with van der Waals surface area (Å²) >= 11 is 0. The standard InChI is InChI=1S/C12H22N4O5/c13-10(17)9-21-8-2-14-12(20)16-6-4-15(5-7-16)3-1-11(18)19/h1-9H2,(H2,13,17)(H,14,20)(H,18,19). The minimum absolute atomic E-state index is 0.114. The molecule has 0 aromatic carbocycles. The Balaban J connectivity index is 2.11. The number of primary amides is 1. The first-order chi connectivity index (χ1) is 9.99. The lowest BCUT2D eigenvalue weighted by Gasteiger charge is -2.34. The zero-order valence-corrected chi connectivity index (χ0v) is 11.9. The molecule has 0 aromatic rings. The summed E-state index contributed by atoms with van der Waals surface area (Å²) in [7, 11) is 0. The fraction of sp³-hybridized carbons (Fsp3) is 0.750. The highest BCUT2D eigenvalue weighted by atomic mass is 16.5. The van der Waals surface area contributed by atoms with Gasteiger partial charge in [-0.15, -0.1) is 0 Å². The van der Waals surface area contributed by atoms with E-state index in [2.05, 4.69) is 5.32 Å². The number of nitrogens with one attached hydrogen (secondary N) is 1. The Hall–Kier alpha value is -1.87. The molecule has 21 heavy (non-hydrogen) atoms. The van der Waals surface area contributed by atoms with E-state index in [0.29, 0.717) is 39.3 Å². The third kappa shape index (κ3) is 7.47. The summed E-state index contributed by atoms with van der Waals surface area (Å²) in [6, 6.07) is -0.185. The van der Waals surface area contributed by atoms with Gasteiger partial charge in [0.2, 0.25) is 5.91 Å². The zero-order chi connectivity index (χ0) is 15.7. The van der Waals surface area contributed by atoms with Crippen molar-refractivity contribution in [2.24, 2.45) is 5.73 Å². The molecule has 0 unspecified atom stereocenters. The summed E-state index contributed by atoms with van der Waals surface area (Å²) in [6.07, 6.45) is 0.114. The smallest absolute Gasteiger partial charge is 0.317 e. The van der Waals surface area contributed by atoms with E-state index >= 15 is 0 Å². The van der Waals surface area contributed by atoms with Gasteiger partial charge in [-0.3, -0.25) is 14.5 Å². The van der Waals surface area contributed by atoms with Crippen molar-refractivity contribution in [1.29, 1.82) is 0 Å². The number of carbonyl (C=O) groups excluding carboxylic acids is 2. The normalized spacial score (nSPS) is 15.7. The molecular weight excluding hydrogens is 280 g/mol. The third-order valence-corrected chi connectivity index (χ3v) is 3.07. The van der Waals surface area contributed by atoms with Crippen molar-refractivity contribution in [2.45, 2.75) is 6.42 Å². The molecule has 1 aliphatic rings. The maximum atomic E-state index is 11.8. The molecule has 1 heterocycles. The largest absolute Gasteiger partial charge is 0.481 e. The lowest BCUT2D eigenvalue weighted by molar-refractivity contribution is -0.137. The van der Waals surface area contributed by atoms with Crippen LogP contribution in [0.4, 0.5) is 4.79 Å². The van der Waals surface area contributed by atoms with Gasteiger partial charge in [0.05, 0.1) is 13.0 Å². The lowest BCUT2D eigenvalue weighted by Crippen LogP contribution is -2.52. The van der Waals surface area contributed by atoms with Crippen molar-refractivity contribution < 1.29 is 24.2 Å². The van der Waals surface area contributed by atoms with Crippen LogP contribution in [0.2, 0.25) is 0 Å². The van der Waals surface area contributed by atoms with E-state index in [4.69, 9.17) is 15.6 Å². The number of aliphatic carboxylic acids is 1. The van der Waals surface area contributed by atoms with Gasteiger partial charge in [-0.25, -0.2) is 4.79 Å². The van der Waals surface area contributed by atoms with Crippen LogP contribution >= 0.6 is 0 Å². The third-order valence-electron chi connectivity index (χ3n) is 3.07. The highest BCUT2D eigenvalue weighted by molar-refractivity contribution is 5.75. The van der Waals surface area contributed by atoms with E-state index in [1.54, 1.807) is 4.90 Å². The number of amides is 3. The highest BCUT2D eigenvalue weighted by Gasteiger charge is 2.20. The number of hydrogen-bond donors (Lipinski definition) is 3. The number of carboxylic acid groups (broad SMARTS) is 1. The maximum Gasteiger partial charge on any atom is 0.317 e. The van der Waals surface area contributed by atoms with E-state index in [1.165, 1.54) is 0 Å².